The lowest BCUT2D eigenvalue weighted by molar-refractivity contribution is 0.0946. The number of rotatable bonds is 3. The first-order valence-corrected chi connectivity index (χ1v) is 6.39. The first-order chi connectivity index (χ1) is 9.04. The summed E-state index contributed by atoms with van der Waals surface area (Å²) in [5.41, 5.74) is 1.35. The van der Waals surface area contributed by atoms with E-state index in [0.29, 0.717) is 17.5 Å². The molecule has 4 heteroatoms. The zero-order valence-electron chi connectivity index (χ0n) is 11.2. The Hall–Kier alpha value is -1.86. The summed E-state index contributed by atoms with van der Waals surface area (Å²) in [7, 11) is 0. The maximum atomic E-state index is 12.2. The van der Waals surface area contributed by atoms with Gasteiger partial charge in [0.25, 0.3) is 5.91 Å². The fourth-order valence-corrected chi connectivity index (χ4v) is 1.86. The van der Waals surface area contributed by atoms with E-state index in [0.717, 1.165) is 6.42 Å². The van der Waals surface area contributed by atoms with Crippen LogP contribution in [0.2, 0.25) is 0 Å². The van der Waals surface area contributed by atoms with Crippen LogP contribution < -0.4 is 5.32 Å². The molecular formula is C15H18N2O2. The van der Waals surface area contributed by atoms with Crippen LogP contribution in [0, 0.1) is 17.3 Å². The molecule has 1 aromatic heterocycles. The molecule has 4 nitrogen and oxygen atoms in total. The Labute approximate surface area is 113 Å². The number of carbonyl (C=O) groups is 1. The van der Waals surface area contributed by atoms with Crippen LogP contribution in [0.3, 0.4) is 0 Å². The van der Waals surface area contributed by atoms with Crippen molar-refractivity contribution >= 4 is 5.91 Å². The zero-order valence-corrected chi connectivity index (χ0v) is 11.2. The molecule has 1 aliphatic rings. The van der Waals surface area contributed by atoms with Crippen LogP contribution in [0.25, 0.3) is 0 Å². The summed E-state index contributed by atoms with van der Waals surface area (Å²) in [5.74, 6) is 5.58. The Morgan fingerprint density at radius 1 is 1.63 bits per heavy atom. The van der Waals surface area contributed by atoms with Gasteiger partial charge < -0.3 is 10.4 Å². The highest BCUT2D eigenvalue weighted by Gasteiger charge is 2.46. The van der Waals surface area contributed by atoms with Crippen molar-refractivity contribution in [3.05, 3.63) is 29.6 Å². The van der Waals surface area contributed by atoms with E-state index in [1.54, 1.807) is 18.5 Å². The lowest BCUT2D eigenvalue weighted by Crippen LogP contribution is -2.29. The van der Waals surface area contributed by atoms with Crippen molar-refractivity contribution in [3.63, 3.8) is 0 Å². The topological polar surface area (TPSA) is 62.2 Å². The quantitative estimate of drug-likeness (QED) is 0.804. The van der Waals surface area contributed by atoms with E-state index in [1.807, 2.05) is 0 Å². The van der Waals surface area contributed by atoms with E-state index in [2.05, 4.69) is 36.0 Å². The van der Waals surface area contributed by atoms with Crippen molar-refractivity contribution in [1.29, 1.82) is 0 Å². The average molecular weight is 258 g/mol. The van der Waals surface area contributed by atoms with Gasteiger partial charge in [0.1, 0.15) is 0 Å². The number of nitrogens with one attached hydrogen (secondary N) is 1. The molecule has 2 rings (SSSR count). The van der Waals surface area contributed by atoms with Crippen LogP contribution in [-0.2, 0) is 0 Å². The third kappa shape index (κ3) is 3.33. The van der Waals surface area contributed by atoms with Crippen molar-refractivity contribution in [3.8, 4) is 11.8 Å². The van der Waals surface area contributed by atoms with Crippen LogP contribution >= 0.6 is 0 Å². The summed E-state index contributed by atoms with van der Waals surface area (Å²) in [6, 6.07) is 1.92. The van der Waals surface area contributed by atoms with Gasteiger partial charge >= 0.3 is 0 Å². The molecule has 1 saturated carbocycles. The molecular weight excluding hydrogens is 240 g/mol. The van der Waals surface area contributed by atoms with Gasteiger partial charge in [-0.15, -0.1) is 0 Å². The fraction of sp³-hybridized carbons (Fsp3) is 0.467. The molecule has 19 heavy (non-hydrogen) atoms. The second-order valence-corrected chi connectivity index (χ2v) is 5.42. The number of amides is 1. The van der Waals surface area contributed by atoms with Crippen LogP contribution in [0.5, 0.6) is 0 Å². The monoisotopic (exact) mass is 258 g/mol. The predicted molar refractivity (Wildman–Crippen MR) is 72.5 cm³/mol. The summed E-state index contributed by atoms with van der Waals surface area (Å²) in [6.07, 6.45) is 4.57. The van der Waals surface area contributed by atoms with Crippen LogP contribution in [0.15, 0.2) is 18.5 Å². The van der Waals surface area contributed by atoms with Crippen molar-refractivity contribution in [2.75, 3.05) is 6.61 Å². The highest BCUT2D eigenvalue weighted by Crippen LogP contribution is 2.44. The molecule has 100 valence electrons. The van der Waals surface area contributed by atoms with Crippen molar-refractivity contribution < 1.29 is 9.90 Å². The molecule has 0 spiro atoms. The number of hydrogen-bond donors (Lipinski definition) is 2. The number of pyridine rings is 1. The summed E-state index contributed by atoms with van der Waals surface area (Å²) in [6.45, 7) is 4.28. The maximum absolute atomic E-state index is 12.2. The Bertz CT molecular complexity index is 541. The molecule has 1 aliphatic carbocycles. The van der Waals surface area contributed by atoms with E-state index in [4.69, 9.17) is 5.11 Å². The van der Waals surface area contributed by atoms with Gasteiger partial charge in [0.15, 0.2) is 0 Å². The summed E-state index contributed by atoms with van der Waals surface area (Å²) >= 11 is 0. The van der Waals surface area contributed by atoms with Crippen molar-refractivity contribution in [2.24, 2.45) is 5.41 Å². The lowest BCUT2D eigenvalue weighted by atomic mass is 10.1. The molecule has 1 fully saturated rings. The smallest absolute Gasteiger partial charge is 0.252 e. The number of carbonyl (C=O) groups excluding carboxylic acids is 1. The Kier molecular flexibility index (Phi) is 3.87. The minimum absolute atomic E-state index is 0.0189. The van der Waals surface area contributed by atoms with Gasteiger partial charge in [-0.2, -0.15) is 0 Å². The van der Waals surface area contributed by atoms with E-state index >= 15 is 0 Å². The number of aromatic nitrogens is 1. The largest absolute Gasteiger partial charge is 0.395 e. The molecule has 0 bridgehead atoms. The van der Waals surface area contributed by atoms with Crippen molar-refractivity contribution in [1.82, 2.24) is 10.3 Å². The SMILES string of the molecule is CC1(C)CC1NC(=O)c1ccncc1C#CCCO. The van der Waals surface area contributed by atoms with E-state index < -0.39 is 0 Å². The van der Waals surface area contributed by atoms with Gasteiger partial charge in [-0.3, -0.25) is 9.78 Å². The Morgan fingerprint density at radius 3 is 3.00 bits per heavy atom. The molecule has 0 radical (unpaired) electrons. The third-order valence-electron chi connectivity index (χ3n) is 3.34. The molecule has 0 aliphatic heterocycles. The minimum atomic E-state index is -0.105. The second kappa shape index (κ2) is 5.41. The van der Waals surface area contributed by atoms with Gasteiger partial charge in [0.05, 0.1) is 17.7 Å². The van der Waals surface area contributed by atoms with E-state index in [9.17, 15) is 4.79 Å². The summed E-state index contributed by atoms with van der Waals surface area (Å²) in [5, 5.41) is 11.7. The normalized spacial score (nSPS) is 19.2. The van der Waals surface area contributed by atoms with E-state index in [-0.39, 0.29) is 24.0 Å². The minimum Gasteiger partial charge on any atom is -0.395 e. The molecule has 2 N–H and O–H groups in total. The van der Waals surface area contributed by atoms with Gasteiger partial charge in [-0.25, -0.2) is 0 Å². The van der Waals surface area contributed by atoms with Gasteiger partial charge in [0.2, 0.25) is 0 Å². The Morgan fingerprint density at radius 2 is 2.37 bits per heavy atom. The van der Waals surface area contributed by atoms with E-state index in [1.165, 1.54) is 0 Å². The highest BCUT2D eigenvalue weighted by atomic mass is 16.2. The number of aliphatic hydroxyl groups is 1. The highest BCUT2D eigenvalue weighted by molar-refractivity contribution is 5.97. The van der Waals surface area contributed by atoms with Crippen LogP contribution in [0.1, 0.15) is 42.6 Å². The molecule has 1 amide bonds. The second-order valence-electron chi connectivity index (χ2n) is 5.42. The predicted octanol–water partition coefficient (Wildman–Crippen LogP) is 1.34. The molecule has 0 saturated heterocycles. The number of hydrogen-bond acceptors (Lipinski definition) is 3. The number of aliphatic hydroxyl groups excluding tert-OH is 1. The first-order valence-electron chi connectivity index (χ1n) is 6.39. The molecule has 1 atom stereocenters. The van der Waals surface area contributed by atoms with Gasteiger partial charge in [-0.05, 0) is 17.9 Å². The first kappa shape index (κ1) is 13.6. The average Bonchev–Trinajstić information content (AvgIpc) is 2.97. The van der Waals surface area contributed by atoms with Crippen LogP contribution in [-0.4, -0.2) is 28.6 Å². The molecule has 1 heterocycles. The molecule has 1 aromatic rings. The lowest BCUT2D eigenvalue weighted by Gasteiger charge is -2.08. The standard InChI is InChI=1S/C15H18N2O2/c1-15(2)9-13(15)17-14(19)12-6-7-16-10-11(12)5-3-4-8-18/h6-7,10,13,18H,4,8-9H2,1-2H3,(H,17,19). The van der Waals surface area contributed by atoms with Crippen molar-refractivity contribution in [2.45, 2.75) is 32.7 Å². The number of nitrogens with zero attached hydrogens (tertiary/aromatic N) is 1. The molecule has 1 unspecified atom stereocenters. The van der Waals surface area contributed by atoms with Gasteiger partial charge in [0, 0.05) is 24.9 Å². The third-order valence-corrected chi connectivity index (χ3v) is 3.34. The fourth-order valence-electron chi connectivity index (χ4n) is 1.86. The summed E-state index contributed by atoms with van der Waals surface area (Å²) in [4.78, 5) is 16.2. The molecule has 0 aromatic carbocycles. The maximum Gasteiger partial charge on any atom is 0.252 e. The zero-order chi connectivity index (χ0) is 13.9. The summed E-state index contributed by atoms with van der Waals surface area (Å²) < 4.78 is 0. The Balaban J connectivity index is 2.11. The van der Waals surface area contributed by atoms with Crippen LogP contribution in [0.4, 0.5) is 0 Å². The van der Waals surface area contributed by atoms with Gasteiger partial charge in [-0.1, -0.05) is 25.7 Å².